The van der Waals surface area contributed by atoms with Crippen LogP contribution in [0.5, 0.6) is 5.75 Å². The second-order valence-electron chi connectivity index (χ2n) is 8.24. The SMILES string of the molecule is O=C(N/N=C/c1ccccc1)C1CC(c2ccccc2OCc2cccc3ccccc23)NN1. The summed E-state index contributed by atoms with van der Waals surface area (Å²) in [5.74, 6) is 0.620. The lowest BCUT2D eigenvalue weighted by atomic mass is 10.0. The van der Waals surface area contributed by atoms with Crippen molar-refractivity contribution in [1.29, 1.82) is 0 Å². The standard InChI is InChI=1S/C28H26N4O2/c33-28(32-29-18-20-9-2-1-3-10-20)26-17-25(30-31-26)24-15-6-7-16-27(24)34-19-22-13-8-12-21-11-4-5-14-23(21)22/h1-16,18,25-26,30-31H,17,19H2,(H,32,33)/b29-18+. The highest BCUT2D eigenvalue weighted by molar-refractivity contribution is 5.86. The molecule has 5 rings (SSSR count). The fraction of sp³-hybridized carbons (Fsp3) is 0.143. The number of fused-ring (bicyclic) bond motifs is 1. The number of amides is 1. The van der Waals surface area contributed by atoms with Gasteiger partial charge in [-0.15, -0.1) is 0 Å². The molecule has 34 heavy (non-hydrogen) atoms. The first kappa shape index (κ1) is 21.8. The van der Waals surface area contributed by atoms with Gasteiger partial charge in [0.15, 0.2) is 0 Å². The summed E-state index contributed by atoms with van der Waals surface area (Å²) < 4.78 is 6.26. The van der Waals surface area contributed by atoms with Gasteiger partial charge >= 0.3 is 0 Å². The maximum absolute atomic E-state index is 12.6. The molecule has 3 N–H and O–H groups in total. The number of hydrazine groups is 1. The molecule has 2 unspecified atom stereocenters. The number of ether oxygens (including phenoxy) is 1. The fourth-order valence-corrected chi connectivity index (χ4v) is 4.19. The first-order chi connectivity index (χ1) is 16.8. The molecule has 4 aromatic carbocycles. The molecule has 6 nitrogen and oxygen atoms in total. The largest absolute Gasteiger partial charge is 0.489 e. The lowest BCUT2D eigenvalue weighted by Gasteiger charge is -2.16. The van der Waals surface area contributed by atoms with Crippen molar-refractivity contribution in [2.75, 3.05) is 0 Å². The summed E-state index contributed by atoms with van der Waals surface area (Å²) >= 11 is 0. The second-order valence-corrected chi connectivity index (χ2v) is 8.24. The molecular weight excluding hydrogens is 424 g/mol. The highest BCUT2D eigenvalue weighted by Crippen LogP contribution is 2.31. The molecule has 0 spiro atoms. The molecule has 0 bridgehead atoms. The van der Waals surface area contributed by atoms with Gasteiger partial charge in [0.2, 0.25) is 0 Å². The van der Waals surface area contributed by atoms with Crippen LogP contribution in [-0.4, -0.2) is 18.2 Å². The summed E-state index contributed by atoms with van der Waals surface area (Å²) in [5.41, 5.74) is 12.0. The molecule has 170 valence electrons. The molecule has 1 aliphatic heterocycles. The number of benzene rings is 4. The van der Waals surface area contributed by atoms with Crippen molar-refractivity contribution in [1.82, 2.24) is 16.3 Å². The molecule has 4 aromatic rings. The molecular formula is C28H26N4O2. The number of carbonyl (C=O) groups excluding carboxylic acids is 1. The van der Waals surface area contributed by atoms with Crippen molar-refractivity contribution >= 4 is 22.9 Å². The third-order valence-electron chi connectivity index (χ3n) is 5.97. The van der Waals surface area contributed by atoms with E-state index in [2.05, 4.69) is 51.7 Å². The average molecular weight is 451 g/mol. The maximum Gasteiger partial charge on any atom is 0.258 e. The summed E-state index contributed by atoms with van der Waals surface area (Å²) in [6, 6.07) is 31.7. The summed E-state index contributed by atoms with van der Waals surface area (Å²) in [5, 5.41) is 6.46. The summed E-state index contributed by atoms with van der Waals surface area (Å²) in [4.78, 5) is 12.6. The van der Waals surface area contributed by atoms with Crippen LogP contribution in [0, 0.1) is 0 Å². The average Bonchev–Trinajstić information content (AvgIpc) is 3.39. The van der Waals surface area contributed by atoms with E-state index < -0.39 is 6.04 Å². The Morgan fingerprint density at radius 2 is 1.68 bits per heavy atom. The lowest BCUT2D eigenvalue weighted by Crippen LogP contribution is -2.41. The van der Waals surface area contributed by atoms with Gasteiger partial charge in [-0.05, 0) is 34.4 Å². The van der Waals surface area contributed by atoms with Gasteiger partial charge in [-0.3, -0.25) is 4.79 Å². The minimum atomic E-state index is -0.399. The highest BCUT2D eigenvalue weighted by Gasteiger charge is 2.31. The van der Waals surface area contributed by atoms with Crippen molar-refractivity contribution in [3.8, 4) is 5.75 Å². The van der Waals surface area contributed by atoms with Crippen LogP contribution in [0.1, 0.15) is 29.2 Å². The number of nitrogens with zero attached hydrogens (tertiary/aromatic N) is 1. The zero-order chi connectivity index (χ0) is 23.2. The maximum atomic E-state index is 12.6. The van der Waals surface area contributed by atoms with E-state index in [1.165, 1.54) is 10.8 Å². The number of rotatable bonds is 7. The Hall–Kier alpha value is -4.00. The summed E-state index contributed by atoms with van der Waals surface area (Å²) in [6.45, 7) is 0.469. The third kappa shape index (κ3) is 4.98. The molecule has 1 amide bonds. The van der Waals surface area contributed by atoms with Crippen LogP contribution in [0.4, 0.5) is 0 Å². The molecule has 0 saturated carbocycles. The van der Waals surface area contributed by atoms with Gasteiger partial charge in [0.05, 0.1) is 12.3 Å². The monoisotopic (exact) mass is 450 g/mol. The molecule has 0 aromatic heterocycles. The molecule has 1 saturated heterocycles. The summed E-state index contributed by atoms with van der Waals surface area (Å²) in [7, 11) is 0. The molecule has 6 heteroatoms. The number of para-hydroxylation sites is 1. The summed E-state index contributed by atoms with van der Waals surface area (Å²) in [6.07, 6.45) is 2.22. The zero-order valence-corrected chi connectivity index (χ0v) is 18.6. The van der Waals surface area contributed by atoms with Gasteiger partial charge in [-0.2, -0.15) is 5.10 Å². The number of hydrogen-bond acceptors (Lipinski definition) is 5. The quantitative estimate of drug-likeness (QED) is 0.287. The Balaban J connectivity index is 1.23. The first-order valence-corrected chi connectivity index (χ1v) is 11.4. The van der Waals surface area contributed by atoms with Crippen molar-refractivity contribution in [3.63, 3.8) is 0 Å². The number of hydrazone groups is 1. The van der Waals surface area contributed by atoms with E-state index >= 15 is 0 Å². The van der Waals surface area contributed by atoms with Gasteiger partial charge in [-0.25, -0.2) is 16.3 Å². The molecule has 0 aliphatic carbocycles. The van der Waals surface area contributed by atoms with E-state index in [4.69, 9.17) is 4.74 Å². The van der Waals surface area contributed by atoms with Crippen molar-refractivity contribution in [2.45, 2.75) is 25.1 Å². The van der Waals surface area contributed by atoms with E-state index in [-0.39, 0.29) is 11.9 Å². The number of carbonyl (C=O) groups is 1. The van der Waals surface area contributed by atoms with Crippen LogP contribution in [0.3, 0.4) is 0 Å². The van der Waals surface area contributed by atoms with Crippen LogP contribution >= 0.6 is 0 Å². The Kier molecular flexibility index (Phi) is 6.61. The Morgan fingerprint density at radius 3 is 2.59 bits per heavy atom. The predicted octanol–water partition coefficient (Wildman–Crippen LogP) is 4.48. The van der Waals surface area contributed by atoms with E-state index in [1.54, 1.807) is 6.21 Å². The first-order valence-electron chi connectivity index (χ1n) is 11.4. The van der Waals surface area contributed by atoms with Crippen LogP contribution < -0.4 is 21.0 Å². The van der Waals surface area contributed by atoms with Gasteiger partial charge < -0.3 is 4.74 Å². The van der Waals surface area contributed by atoms with Crippen LogP contribution in [0.15, 0.2) is 102 Å². The smallest absolute Gasteiger partial charge is 0.258 e. The molecule has 1 fully saturated rings. The minimum Gasteiger partial charge on any atom is -0.489 e. The van der Waals surface area contributed by atoms with Crippen LogP contribution in [0.2, 0.25) is 0 Å². The molecule has 2 atom stereocenters. The van der Waals surface area contributed by atoms with Gasteiger partial charge in [-0.1, -0.05) is 91.0 Å². The number of nitrogens with one attached hydrogen (secondary N) is 3. The highest BCUT2D eigenvalue weighted by atomic mass is 16.5. The van der Waals surface area contributed by atoms with Gasteiger partial charge in [0.1, 0.15) is 18.4 Å². The Bertz CT molecular complexity index is 1300. The van der Waals surface area contributed by atoms with Crippen molar-refractivity contribution in [3.05, 3.63) is 114 Å². The molecule has 1 aliphatic rings. The van der Waals surface area contributed by atoms with Gasteiger partial charge in [0, 0.05) is 5.56 Å². The molecule has 1 heterocycles. The van der Waals surface area contributed by atoms with Crippen molar-refractivity contribution in [2.24, 2.45) is 5.10 Å². The fourth-order valence-electron chi connectivity index (χ4n) is 4.19. The molecule has 0 radical (unpaired) electrons. The lowest BCUT2D eigenvalue weighted by molar-refractivity contribution is -0.122. The number of hydrogen-bond donors (Lipinski definition) is 3. The Labute approximate surface area is 198 Å². The van der Waals surface area contributed by atoms with E-state index in [0.29, 0.717) is 13.0 Å². The third-order valence-corrected chi connectivity index (χ3v) is 5.97. The minimum absolute atomic E-state index is 0.0578. The predicted molar refractivity (Wildman–Crippen MR) is 134 cm³/mol. The topological polar surface area (TPSA) is 74.8 Å². The van der Waals surface area contributed by atoms with Crippen LogP contribution in [0.25, 0.3) is 10.8 Å². The second kappa shape index (κ2) is 10.3. The zero-order valence-electron chi connectivity index (χ0n) is 18.6. The van der Waals surface area contributed by atoms with E-state index in [9.17, 15) is 4.79 Å². The Morgan fingerprint density at radius 1 is 0.912 bits per heavy atom. The van der Waals surface area contributed by atoms with Crippen LogP contribution in [-0.2, 0) is 11.4 Å². The van der Waals surface area contributed by atoms with Crippen molar-refractivity contribution < 1.29 is 9.53 Å². The van der Waals surface area contributed by atoms with Gasteiger partial charge in [0.25, 0.3) is 5.91 Å². The van der Waals surface area contributed by atoms with E-state index in [0.717, 1.165) is 22.4 Å². The normalized spacial score (nSPS) is 17.8. The van der Waals surface area contributed by atoms with E-state index in [1.807, 2.05) is 66.7 Å².